The number of benzene rings is 2. The molecule has 0 aromatic heterocycles. The topological polar surface area (TPSA) is 20.3 Å². The number of hydrogen-bond donors (Lipinski definition) is 0. The fourth-order valence-corrected chi connectivity index (χ4v) is 3.59. The van der Waals surface area contributed by atoms with Gasteiger partial charge in [-0.05, 0) is 30.7 Å². The predicted molar refractivity (Wildman–Crippen MR) is 88.5 cm³/mol. The van der Waals surface area contributed by atoms with Crippen molar-refractivity contribution in [3.8, 4) is 0 Å². The maximum absolute atomic E-state index is 12.4. The molecule has 2 nitrogen and oxygen atoms in total. The van der Waals surface area contributed by atoms with Crippen LogP contribution in [-0.4, -0.2) is 12.3 Å². The molecule has 0 fully saturated rings. The molecule has 1 aliphatic rings. The maximum atomic E-state index is 12.4. The molecule has 0 saturated carbocycles. The summed E-state index contributed by atoms with van der Waals surface area (Å²) in [6.07, 6.45) is 0.894. The van der Waals surface area contributed by atoms with E-state index in [1.807, 2.05) is 19.1 Å². The van der Waals surface area contributed by atoms with Gasteiger partial charge >= 0.3 is 0 Å². The molecule has 0 saturated heterocycles. The number of nitrogens with zero attached hydrogens (tertiary/aromatic N) is 1. The minimum absolute atomic E-state index is 0.110. The molecule has 1 aliphatic heterocycles. The minimum Gasteiger partial charge on any atom is -0.332 e. The Labute approximate surface area is 130 Å². The minimum atomic E-state index is 0.110. The average molecular weight is 297 g/mol. The lowest BCUT2D eigenvalue weighted by Gasteiger charge is -2.32. The summed E-state index contributed by atoms with van der Waals surface area (Å²) in [5, 5.41) is 0. The molecule has 108 valence electrons. The second kappa shape index (κ2) is 5.94. The first-order valence-corrected chi connectivity index (χ1v) is 8.18. The van der Waals surface area contributed by atoms with Crippen molar-refractivity contribution in [1.82, 2.24) is 0 Å². The van der Waals surface area contributed by atoms with Crippen molar-refractivity contribution in [2.45, 2.75) is 30.1 Å². The highest BCUT2D eigenvalue weighted by Gasteiger charge is 2.25. The predicted octanol–water partition coefficient (Wildman–Crippen LogP) is 4.90. The van der Waals surface area contributed by atoms with E-state index < -0.39 is 0 Å². The van der Waals surface area contributed by atoms with Gasteiger partial charge in [-0.3, -0.25) is 4.79 Å². The molecule has 0 radical (unpaired) electrons. The number of anilines is 2. The first-order valence-electron chi connectivity index (χ1n) is 7.37. The van der Waals surface area contributed by atoms with Crippen molar-refractivity contribution in [3.05, 3.63) is 48.5 Å². The summed E-state index contributed by atoms with van der Waals surface area (Å²) in [6.45, 7) is 4.53. The Morgan fingerprint density at radius 2 is 1.57 bits per heavy atom. The van der Waals surface area contributed by atoms with Crippen LogP contribution in [0.2, 0.25) is 0 Å². The third-order valence-electron chi connectivity index (χ3n) is 4.01. The number of rotatable bonds is 4. The van der Waals surface area contributed by atoms with Crippen LogP contribution in [0.25, 0.3) is 0 Å². The molecule has 1 heterocycles. The Morgan fingerprint density at radius 1 is 1.05 bits per heavy atom. The molecule has 2 aromatic carbocycles. The van der Waals surface area contributed by atoms with E-state index >= 15 is 0 Å². The van der Waals surface area contributed by atoms with Gasteiger partial charge in [-0.1, -0.05) is 49.9 Å². The Morgan fingerprint density at radius 3 is 2.10 bits per heavy atom. The number of ketones is 1. The molecule has 3 heteroatoms. The third-order valence-corrected chi connectivity index (χ3v) is 5.14. The summed E-state index contributed by atoms with van der Waals surface area (Å²) in [4.78, 5) is 17.0. The van der Waals surface area contributed by atoms with Gasteiger partial charge in [0.1, 0.15) is 0 Å². The highest BCUT2D eigenvalue weighted by atomic mass is 32.2. The average Bonchev–Trinajstić information content (AvgIpc) is 2.53. The summed E-state index contributed by atoms with van der Waals surface area (Å²) < 4.78 is 0. The van der Waals surface area contributed by atoms with E-state index in [9.17, 15) is 4.79 Å². The second-order valence-corrected chi connectivity index (χ2v) is 6.48. The molecular formula is C18H19NOS. The number of carbonyl (C=O) groups excluding carboxylic acids is 1. The van der Waals surface area contributed by atoms with Crippen molar-refractivity contribution in [3.63, 3.8) is 0 Å². The van der Waals surface area contributed by atoms with Crippen LogP contribution in [-0.2, 0) is 4.79 Å². The van der Waals surface area contributed by atoms with Crippen LogP contribution in [0.1, 0.15) is 20.3 Å². The van der Waals surface area contributed by atoms with Gasteiger partial charge in [0.25, 0.3) is 0 Å². The van der Waals surface area contributed by atoms with E-state index in [4.69, 9.17) is 0 Å². The van der Waals surface area contributed by atoms with E-state index in [0.29, 0.717) is 12.3 Å². The molecule has 0 N–H and O–H groups in total. The first-order chi connectivity index (χ1) is 10.2. The molecule has 1 unspecified atom stereocenters. The normalized spacial score (nSPS) is 14.3. The van der Waals surface area contributed by atoms with Crippen molar-refractivity contribution >= 4 is 28.9 Å². The van der Waals surface area contributed by atoms with Gasteiger partial charge in [0, 0.05) is 15.7 Å². The summed E-state index contributed by atoms with van der Waals surface area (Å²) in [5.41, 5.74) is 2.27. The summed E-state index contributed by atoms with van der Waals surface area (Å²) in [5.74, 6) is 0.410. The third kappa shape index (κ3) is 2.70. The Bertz CT molecular complexity index is 622. The molecule has 0 amide bonds. The molecule has 0 aliphatic carbocycles. The lowest BCUT2D eigenvalue weighted by Crippen LogP contribution is -2.30. The van der Waals surface area contributed by atoms with Gasteiger partial charge < -0.3 is 4.90 Å². The summed E-state index contributed by atoms with van der Waals surface area (Å²) >= 11 is 1.77. The number of para-hydroxylation sites is 2. The Hall–Kier alpha value is -1.74. The van der Waals surface area contributed by atoms with Crippen LogP contribution in [0.4, 0.5) is 11.4 Å². The molecular weight excluding hydrogens is 278 g/mol. The quantitative estimate of drug-likeness (QED) is 0.800. The fourth-order valence-electron chi connectivity index (χ4n) is 2.49. The zero-order valence-electron chi connectivity index (χ0n) is 12.4. The fraction of sp³-hybridized carbons (Fsp3) is 0.278. The van der Waals surface area contributed by atoms with Crippen molar-refractivity contribution in [2.75, 3.05) is 11.4 Å². The standard InChI is InChI=1S/C18H19NOS/c1-3-13(2)16(20)12-19-14-8-4-6-10-17(14)21-18-11-7-5-9-15(18)19/h4-11,13H,3,12H2,1-2H3. The summed E-state index contributed by atoms with van der Waals surface area (Å²) in [6, 6.07) is 16.6. The number of Topliss-reactive ketones (excluding diaryl/α,β-unsaturated/α-hetero) is 1. The monoisotopic (exact) mass is 297 g/mol. The van der Waals surface area contributed by atoms with Crippen molar-refractivity contribution in [1.29, 1.82) is 0 Å². The molecule has 1 atom stereocenters. The first kappa shape index (κ1) is 14.2. The van der Waals surface area contributed by atoms with Crippen molar-refractivity contribution in [2.24, 2.45) is 5.92 Å². The van der Waals surface area contributed by atoms with Crippen LogP contribution in [0.15, 0.2) is 58.3 Å². The Kier molecular flexibility index (Phi) is 4.02. The molecule has 0 bridgehead atoms. The smallest absolute Gasteiger partial charge is 0.155 e. The zero-order chi connectivity index (χ0) is 14.8. The van der Waals surface area contributed by atoms with E-state index in [0.717, 1.165) is 17.8 Å². The largest absolute Gasteiger partial charge is 0.332 e. The van der Waals surface area contributed by atoms with Crippen LogP contribution in [0.3, 0.4) is 0 Å². The van der Waals surface area contributed by atoms with Gasteiger partial charge in [-0.25, -0.2) is 0 Å². The van der Waals surface area contributed by atoms with Crippen LogP contribution < -0.4 is 4.90 Å². The molecule has 21 heavy (non-hydrogen) atoms. The van der Waals surface area contributed by atoms with Gasteiger partial charge in [0.15, 0.2) is 5.78 Å². The number of carbonyl (C=O) groups is 1. The highest BCUT2D eigenvalue weighted by molar-refractivity contribution is 7.99. The lowest BCUT2D eigenvalue weighted by atomic mass is 10.0. The van der Waals surface area contributed by atoms with Crippen LogP contribution >= 0.6 is 11.8 Å². The van der Waals surface area contributed by atoms with Crippen molar-refractivity contribution < 1.29 is 4.79 Å². The van der Waals surface area contributed by atoms with E-state index in [1.54, 1.807) is 11.8 Å². The van der Waals surface area contributed by atoms with E-state index in [1.165, 1.54) is 9.79 Å². The number of hydrogen-bond acceptors (Lipinski definition) is 3. The summed E-state index contributed by atoms with van der Waals surface area (Å²) in [7, 11) is 0. The molecule has 0 spiro atoms. The number of fused-ring (bicyclic) bond motifs is 2. The van der Waals surface area contributed by atoms with Crippen LogP contribution in [0, 0.1) is 5.92 Å². The maximum Gasteiger partial charge on any atom is 0.155 e. The van der Waals surface area contributed by atoms with Gasteiger partial charge in [-0.2, -0.15) is 0 Å². The Balaban J connectivity index is 2.01. The molecule has 3 rings (SSSR count). The molecule has 2 aromatic rings. The highest BCUT2D eigenvalue weighted by Crippen LogP contribution is 2.47. The lowest BCUT2D eigenvalue weighted by molar-refractivity contribution is -0.121. The van der Waals surface area contributed by atoms with Gasteiger partial charge in [-0.15, -0.1) is 0 Å². The van der Waals surface area contributed by atoms with Gasteiger partial charge in [0.05, 0.1) is 17.9 Å². The zero-order valence-corrected chi connectivity index (χ0v) is 13.2. The van der Waals surface area contributed by atoms with Crippen LogP contribution in [0.5, 0.6) is 0 Å². The van der Waals surface area contributed by atoms with E-state index in [-0.39, 0.29) is 5.92 Å². The van der Waals surface area contributed by atoms with Gasteiger partial charge in [0.2, 0.25) is 0 Å². The van der Waals surface area contributed by atoms with E-state index in [2.05, 4.69) is 48.2 Å². The second-order valence-electron chi connectivity index (χ2n) is 5.40. The SMILES string of the molecule is CCC(C)C(=O)CN1c2ccccc2Sc2ccccc21.